The molecule has 0 unspecified atom stereocenters. The number of pyridine rings is 1. The van der Waals surface area contributed by atoms with E-state index in [-0.39, 0.29) is 11.3 Å². The molecule has 0 fully saturated rings. The first kappa shape index (κ1) is 14.9. The van der Waals surface area contributed by atoms with E-state index in [0.717, 1.165) is 6.07 Å². The van der Waals surface area contributed by atoms with Gasteiger partial charge in [-0.2, -0.15) is 13.2 Å². The van der Waals surface area contributed by atoms with Crippen LogP contribution < -0.4 is 5.32 Å². The summed E-state index contributed by atoms with van der Waals surface area (Å²) in [5.41, 5.74) is 0.246. The first-order valence-corrected chi connectivity index (χ1v) is 6.51. The van der Waals surface area contributed by atoms with Gasteiger partial charge in [0.15, 0.2) is 6.29 Å². The highest BCUT2D eigenvalue weighted by molar-refractivity contribution is 5.77. The third-order valence-corrected chi connectivity index (χ3v) is 3.11. The Kier molecular flexibility index (Phi) is 3.68. The maximum atomic E-state index is 12.7. The second-order valence-corrected chi connectivity index (χ2v) is 4.76. The molecule has 118 valence electrons. The fraction of sp³-hybridized carbons (Fsp3) is 0.143. The molecule has 0 radical (unpaired) electrons. The molecule has 9 heteroatoms. The number of aromatic amines is 1. The zero-order valence-corrected chi connectivity index (χ0v) is 11.6. The fourth-order valence-corrected chi connectivity index (χ4v) is 2.04. The highest BCUT2D eigenvalue weighted by Gasteiger charge is 2.32. The van der Waals surface area contributed by atoms with Crippen molar-refractivity contribution in [3.63, 3.8) is 0 Å². The zero-order valence-electron chi connectivity index (χ0n) is 11.6. The first-order chi connectivity index (χ1) is 11.0. The Hall–Kier alpha value is -2.97. The Labute approximate surface area is 127 Å². The summed E-state index contributed by atoms with van der Waals surface area (Å²) >= 11 is 0. The Morgan fingerprint density at radius 3 is 2.74 bits per heavy atom. The van der Waals surface area contributed by atoms with Crippen molar-refractivity contribution in [2.75, 3.05) is 5.32 Å². The number of rotatable bonds is 4. The van der Waals surface area contributed by atoms with Crippen molar-refractivity contribution in [3.05, 3.63) is 47.7 Å². The molecule has 0 spiro atoms. The largest absolute Gasteiger partial charge is 0.431 e. The van der Waals surface area contributed by atoms with E-state index < -0.39 is 11.9 Å². The Bertz CT molecular complexity index is 859. The van der Waals surface area contributed by atoms with Gasteiger partial charge in [-0.3, -0.25) is 4.79 Å². The number of nitrogens with zero attached hydrogens (tertiary/aromatic N) is 3. The van der Waals surface area contributed by atoms with Crippen LogP contribution in [-0.4, -0.2) is 26.2 Å². The maximum absolute atomic E-state index is 12.7. The molecule has 6 nitrogen and oxygen atoms in total. The van der Waals surface area contributed by atoms with Gasteiger partial charge in [0.2, 0.25) is 0 Å². The summed E-state index contributed by atoms with van der Waals surface area (Å²) in [6, 6.07) is 4.08. The van der Waals surface area contributed by atoms with Crippen molar-refractivity contribution in [2.45, 2.75) is 12.7 Å². The Balaban J connectivity index is 1.79. The number of alkyl halides is 3. The molecule has 3 rings (SSSR count). The second kappa shape index (κ2) is 5.67. The lowest BCUT2D eigenvalue weighted by Crippen LogP contribution is -2.04. The van der Waals surface area contributed by atoms with Crippen molar-refractivity contribution < 1.29 is 18.0 Å². The van der Waals surface area contributed by atoms with E-state index in [1.807, 2.05) is 0 Å². The molecule has 0 amide bonds. The first-order valence-electron chi connectivity index (χ1n) is 6.51. The zero-order chi connectivity index (χ0) is 16.4. The lowest BCUT2D eigenvalue weighted by molar-refractivity contribution is -0.140. The molecule has 0 aliphatic heterocycles. The number of carbonyl (C=O) groups excluding carboxylic acids is 1. The fourth-order valence-electron chi connectivity index (χ4n) is 2.04. The van der Waals surface area contributed by atoms with E-state index in [9.17, 15) is 18.0 Å². The number of hydrogen-bond donors (Lipinski definition) is 2. The minimum Gasteiger partial charge on any atom is -0.366 e. The van der Waals surface area contributed by atoms with E-state index in [1.165, 1.54) is 18.6 Å². The predicted molar refractivity (Wildman–Crippen MR) is 75.8 cm³/mol. The van der Waals surface area contributed by atoms with Crippen LogP contribution in [0.1, 0.15) is 21.7 Å². The van der Waals surface area contributed by atoms with Crippen molar-refractivity contribution >= 4 is 23.1 Å². The number of anilines is 1. The Morgan fingerprint density at radius 2 is 2.00 bits per heavy atom. The SMILES string of the molecule is O=Cc1cc(NCc2cnc3[nH]c(C(F)(F)F)cc3c2)ncn1. The number of H-pyrrole nitrogens is 1. The molecular weight excluding hydrogens is 311 g/mol. The van der Waals surface area contributed by atoms with Gasteiger partial charge < -0.3 is 10.3 Å². The van der Waals surface area contributed by atoms with Gasteiger partial charge in [0, 0.05) is 24.2 Å². The lowest BCUT2D eigenvalue weighted by Gasteiger charge is -2.05. The van der Waals surface area contributed by atoms with Crippen molar-refractivity contribution in [1.82, 2.24) is 19.9 Å². The number of aromatic nitrogens is 4. The second-order valence-electron chi connectivity index (χ2n) is 4.76. The molecule has 0 saturated heterocycles. The summed E-state index contributed by atoms with van der Waals surface area (Å²) in [6.07, 6.45) is -1.13. The predicted octanol–water partition coefficient (Wildman–Crippen LogP) is 2.80. The van der Waals surface area contributed by atoms with Crippen LogP contribution in [0.15, 0.2) is 30.7 Å². The standard InChI is InChI=1S/C14H10F3N5O/c15-14(16,17)11-2-9-1-8(5-19-13(9)22-11)4-18-12-3-10(6-23)20-7-21-12/h1-3,5-7H,4H2,(H,19,22)(H,18,20,21). The third-order valence-electron chi connectivity index (χ3n) is 3.11. The number of halogens is 3. The number of hydrogen-bond acceptors (Lipinski definition) is 5. The molecule has 0 aromatic carbocycles. The number of fused-ring (bicyclic) bond motifs is 1. The van der Waals surface area contributed by atoms with Crippen LogP contribution in [0.3, 0.4) is 0 Å². The molecule has 3 heterocycles. The van der Waals surface area contributed by atoms with Crippen LogP contribution in [0.25, 0.3) is 11.0 Å². The van der Waals surface area contributed by atoms with Gasteiger partial charge >= 0.3 is 6.18 Å². The van der Waals surface area contributed by atoms with Gasteiger partial charge in [-0.15, -0.1) is 0 Å². The third kappa shape index (κ3) is 3.28. The Morgan fingerprint density at radius 1 is 1.17 bits per heavy atom. The number of carbonyl (C=O) groups is 1. The van der Waals surface area contributed by atoms with E-state index in [2.05, 4.69) is 25.3 Å². The highest BCUT2D eigenvalue weighted by Crippen LogP contribution is 2.30. The van der Waals surface area contributed by atoms with E-state index in [4.69, 9.17) is 0 Å². The molecule has 0 aliphatic rings. The molecular formula is C14H10F3N5O. The van der Waals surface area contributed by atoms with Crippen LogP contribution in [0.2, 0.25) is 0 Å². The summed E-state index contributed by atoms with van der Waals surface area (Å²) in [7, 11) is 0. The minimum atomic E-state index is -4.44. The van der Waals surface area contributed by atoms with Gasteiger partial charge in [-0.05, 0) is 17.7 Å². The number of nitrogens with one attached hydrogen (secondary N) is 2. The van der Waals surface area contributed by atoms with Gasteiger partial charge in [-0.25, -0.2) is 15.0 Å². The van der Waals surface area contributed by atoms with Gasteiger partial charge in [0.1, 0.15) is 29.2 Å². The normalized spacial score (nSPS) is 11.6. The number of aldehydes is 1. The molecule has 23 heavy (non-hydrogen) atoms. The summed E-state index contributed by atoms with van der Waals surface area (Å²) in [6.45, 7) is 0.296. The van der Waals surface area contributed by atoms with Crippen LogP contribution in [0, 0.1) is 0 Å². The maximum Gasteiger partial charge on any atom is 0.431 e. The average molecular weight is 321 g/mol. The van der Waals surface area contributed by atoms with Gasteiger partial charge in [0.25, 0.3) is 0 Å². The van der Waals surface area contributed by atoms with Crippen molar-refractivity contribution in [1.29, 1.82) is 0 Å². The highest BCUT2D eigenvalue weighted by atomic mass is 19.4. The smallest absolute Gasteiger partial charge is 0.366 e. The van der Waals surface area contributed by atoms with Crippen LogP contribution >= 0.6 is 0 Å². The quantitative estimate of drug-likeness (QED) is 0.722. The lowest BCUT2D eigenvalue weighted by atomic mass is 10.2. The molecule has 0 atom stereocenters. The van der Waals surface area contributed by atoms with E-state index in [1.54, 1.807) is 6.07 Å². The molecule has 0 saturated carbocycles. The van der Waals surface area contributed by atoms with Crippen molar-refractivity contribution in [3.8, 4) is 0 Å². The summed E-state index contributed by atoms with van der Waals surface area (Å²) in [5.74, 6) is 0.437. The van der Waals surface area contributed by atoms with E-state index >= 15 is 0 Å². The monoisotopic (exact) mass is 321 g/mol. The van der Waals surface area contributed by atoms with Crippen LogP contribution in [0.4, 0.5) is 19.0 Å². The summed E-state index contributed by atoms with van der Waals surface area (Å²) in [4.78, 5) is 24.5. The molecule has 3 aromatic heterocycles. The molecule has 0 aliphatic carbocycles. The van der Waals surface area contributed by atoms with Crippen LogP contribution in [0.5, 0.6) is 0 Å². The minimum absolute atomic E-state index is 0.173. The van der Waals surface area contributed by atoms with Gasteiger partial charge in [0.05, 0.1) is 0 Å². The van der Waals surface area contributed by atoms with E-state index in [0.29, 0.717) is 29.6 Å². The summed E-state index contributed by atoms with van der Waals surface area (Å²) in [5, 5.41) is 3.32. The summed E-state index contributed by atoms with van der Waals surface area (Å²) < 4.78 is 38.0. The molecule has 2 N–H and O–H groups in total. The van der Waals surface area contributed by atoms with Crippen molar-refractivity contribution in [2.24, 2.45) is 0 Å². The average Bonchev–Trinajstić information content (AvgIpc) is 2.96. The van der Waals surface area contributed by atoms with Crippen LogP contribution in [-0.2, 0) is 12.7 Å². The topological polar surface area (TPSA) is 83.6 Å². The van der Waals surface area contributed by atoms with Gasteiger partial charge in [-0.1, -0.05) is 0 Å². The molecule has 3 aromatic rings. The molecule has 0 bridgehead atoms.